The molecule has 0 aromatic heterocycles. The molecule has 0 saturated carbocycles. The number of carbonyl (C=O) groups is 3. The van der Waals surface area contributed by atoms with Crippen molar-refractivity contribution < 1.29 is 48.7 Å². The molecule has 0 radical (unpaired) electrons. The third kappa shape index (κ3) is 2.98. The van der Waals surface area contributed by atoms with Crippen LogP contribution in [-0.4, -0.2) is 30.6 Å². The predicted molar refractivity (Wildman–Crippen MR) is 36.8 cm³/mol. The van der Waals surface area contributed by atoms with Gasteiger partial charge >= 0.3 is 41.6 Å². The number of amides is 3. The molecule has 66 valence electrons. The van der Waals surface area contributed by atoms with Crippen molar-refractivity contribution in [3.05, 3.63) is 6.92 Å². The number of nitrogens with one attached hydrogen (secondary N) is 2. The van der Waals surface area contributed by atoms with Crippen LogP contribution in [0.2, 0.25) is 0 Å². The molecule has 13 heavy (non-hydrogen) atoms. The normalized spacial score (nSPS) is 19.9. The Morgan fingerprint density at radius 1 is 1.54 bits per heavy atom. The Morgan fingerprint density at radius 2 is 2.15 bits per heavy atom. The maximum absolute atomic E-state index is 10.9. The Balaban J connectivity index is 0.00000144. The number of carbonyl (C=O) groups excluding carboxylic acids is 3. The van der Waals surface area contributed by atoms with Crippen molar-refractivity contribution in [1.82, 2.24) is 10.6 Å². The number of hydrogen-bond acceptors (Lipinski definition) is 4. The Labute approximate surface area is 96.7 Å². The van der Waals surface area contributed by atoms with Crippen molar-refractivity contribution in [3.63, 3.8) is 0 Å². The topological polar surface area (TPSA) is 84.5 Å². The maximum Gasteiger partial charge on any atom is 1.00 e. The quantitative estimate of drug-likeness (QED) is 0.153. The van der Waals surface area contributed by atoms with E-state index in [1.165, 1.54) is 0 Å². The van der Waals surface area contributed by atoms with Crippen LogP contribution in [0, 0.1) is 6.92 Å². The summed E-state index contributed by atoms with van der Waals surface area (Å²) in [5.41, 5.74) is 0. The second-order valence-electron chi connectivity index (χ2n) is 2.06. The standard InChI is InChI=1S/C6H7N2O4.Na/c1-2-12-5(10)3-4(9)8-6(11)7-3;/h3H,1-2H2,(H2,7,8,9,11);/q-1;+1. The van der Waals surface area contributed by atoms with Gasteiger partial charge < -0.3 is 17.0 Å². The SMILES string of the molecule is [CH2-]COC(=O)C1NC(=O)NC1=O.[Na+]. The van der Waals surface area contributed by atoms with Gasteiger partial charge in [-0.15, -0.1) is 0 Å². The number of imide groups is 1. The van der Waals surface area contributed by atoms with Gasteiger partial charge in [0.2, 0.25) is 6.04 Å². The van der Waals surface area contributed by atoms with Gasteiger partial charge in [-0.3, -0.25) is 10.1 Å². The molecular weight excluding hydrogens is 187 g/mol. The van der Waals surface area contributed by atoms with E-state index in [1.54, 1.807) is 0 Å². The van der Waals surface area contributed by atoms with Gasteiger partial charge in [-0.05, 0) is 6.61 Å². The Kier molecular flexibility index (Phi) is 4.97. The fraction of sp³-hybridized carbons (Fsp3) is 0.333. The second kappa shape index (κ2) is 5.21. The fourth-order valence-corrected chi connectivity index (χ4v) is 0.767. The van der Waals surface area contributed by atoms with Crippen LogP contribution < -0.4 is 40.2 Å². The first-order valence-corrected chi connectivity index (χ1v) is 3.22. The molecule has 1 fully saturated rings. The summed E-state index contributed by atoms with van der Waals surface area (Å²) in [5.74, 6) is -1.49. The third-order valence-electron chi connectivity index (χ3n) is 1.25. The molecule has 1 heterocycles. The average molecular weight is 194 g/mol. The van der Waals surface area contributed by atoms with Crippen molar-refractivity contribution in [1.29, 1.82) is 0 Å². The Bertz CT molecular complexity index is 243. The summed E-state index contributed by atoms with van der Waals surface area (Å²) in [7, 11) is 0. The smallest absolute Gasteiger partial charge is 0.497 e. The monoisotopic (exact) mass is 194 g/mol. The van der Waals surface area contributed by atoms with Crippen LogP contribution in [-0.2, 0) is 14.3 Å². The van der Waals surface area contributed by atoms with E-state index in [0.29, 0.717) is 0 Å². The molecular formula is C6H7N2NaO4. The van der Waals surface area contributed by atoms with Gasteiger partial charge in [-0.2, -0.15) is 0 Å². The van der Waals surface area contributed by atoms with Gasteiger partial charge in [0, 0.05) is 0 Å². The average Bonchev–Trinajstić information content (AvgIpc) is 2.30. The minimum absolute atomic E-state index is 0. The summed E-state index contributed by atoms with van der Waals surface area (Å²) < 4.78 is 4.42. The van der Waals surface area contributed by atoms with Crippen LogP contribution in [0.5, 0.6) is 0 Å². The zero-order valence-electron chi connectivity index (χ0n) is 7.12. The van der Waals surface area contributed by atoms with Crippen molar-refractivity contribution >= 4 is 17.9 Å². The number of ether oxygens (including phenoxy) is 1. The minimum atomic E-state index is -1.22. The summed E-state index contributed by atoms with van der Waals surface area (Å²) >= 11 is 0. The summed E-state index contributed by atoms with van der Waals surface area (Å²) in [6, 6.07) is -1.91. The summed E-state index contributed by atoms with van der Waals surface area (Å²) in [6.07, 6.45) is 0. The maximum atomic E-state index is 10.9. The van der Waals surface area contributed by atoms with E-state index >= 15 is 0 Å². The van der Waals surface area contributed by atoms with E-state index in [9.17, 15) is 14.4 Å². The molecule has 0 aliphatic carbocycles. The predicted octanol–water partition coefficient (Wildman–Crippen LogP) is -4.42. The fourth-order valence-electron chi connectivity index (χ4n) is 0.767. The molecule has 1 unspecified atom stereocenters. The van der Waals surface area contributed by atoms with Gasteiger partial charge in [0.25, 0.3) is 5.91 Å². The zero-order valence-corrected chi connectivity index (χ0v) is 9.12. The van der Waals surface area contributed by atoms with Gasteiger partial charge in [0.15, 0.2) is 0 Å². The molecule has 0 bridgehead atoms. The Morgan fingerprint density at radius 3 is 2.54 bits per heavy atom. The molecule has 1 saturated heterocycles. The minimum Gasteiger partial charge on any atom is -0.497 e. The van der Waals surface area contributed by atoms with E-state index < -0.39 is 23.9 Å². The Hall–Kier alpha value is -0.590. The van der Waals surface area contributed by atoms with E-state index in [1.807, 2.05) is 5.32 Å². The van der Waals surface area contributed by atoms with Crippen LogP contribution in [0.15, 0.2) is 0 Å². The number of esters is 1. The van der Waals surface area contributed by atoms with Crippen LogP contribution in [0.3, 0.4) is 0 Å². The molecule has 1 rings (SSSR count). The van der Waals surface area contributed by atoms with Crippen molar-refractivity contribution in [2.24, 2.45) is 0 Å². The number of rotatable bonds is 2. The molecule has 1 aliphatic rings. The van der Waals surface area contributed by atoms with Gasteiger partial charge in [-0.1, -0.05) is 0 Å². The van der Waals surface area contributed by atoms with Crippen molar-refractivity contribution in [3.8, 4) is 0 Å². The van der Waals surface area contributed by atoms with Gasteiger partial charge in [-0.25, -0.2) is 9.59 Å². The first-order valence-electron chi connectivity index (χ1n) is 3.22. The molecule has 3 amide bonds. The molecule has 7 heteroatoms. The first kappa shape index (κ1) is 12.4. The first-order chi connectivity index (χ1) is 5.65. The number of urea groups is 1. The van der Waals surface area contributed by atoms with E-state index in [4.69, 9.17) is 0 Å². The van der Waals surface area contributed by atoms with Crippen LogP contribution >= 0.6 is 0 Å². The summed E-state index contributed by atoms with van der Waals surface area (Å²) in [5, 5.41) is 3.98. The number of hydrogen-bond donors (Lipinski definition) is 2. The second-order valence-corrected chi connectivity index (χ2v) is 2.06. The molecule has 1 aliphatic heterocycles. The third-order valence-corrected chi connectivity index (χ3v) is 1.25. The van der Waals surface area contributed by atoms with Crippen molar-refractivity contribution in [2.45, 2.75) is 6.04 Å². The molecule has 2 N–H and O–H groups in total. The summed E-state index contributed by atoms with van der Waals surface area (Å²) in [6.45, 7) is 3.18. The zero-order chi connectivity index (χ0) is 9.14. The van der Waals surface area contributed by atoms with Crippen LogP contribution in [0.1, 0.15) is 0 Å². The van der Waals surface area contributed by atoms with E-state index in [2.05, 4.69) is 17.0 Å². The van der Waals surface area contributed by atoms with Crippen LogP contribution in [0.4, 0.5) is 4.79 Å². The van der Waals surface area contributed by atoms with E-state index in [0.717, 1.165) is 0 Å². The van der Waals surface area contributed by atoms with Crippen LogP contribution in [0.25, 0.3) is 0 Å². The summed E-state index contributed by atoms with van der Waals surface area (Å²) in [4.78, 5) is 32.2. The largest absolute Gasteiger partial charge is 1.00 e. The van der Waals surface area contributed by atoms with Gasteiger partial charge in [0.1, 0.15) is 0 Å². The molecule has 6 nitrogen and oxygen atoms in total. The molecule has 0 aromatic rings. The van der Waals surface area contributed by atoms with E-state index in [-0.39, 0.29) is 36.2 Å². The van der Waals surface area contributed by atoms with Crippen molar-refractivity contribution in [2.75, 3.05) is 6.61 Å². The molecule has 1 atom stereocenters. The van der Waals surface area contributed by atoms with Gasteiger partial charge in [0.05, 0.1) is 0 Å². The molecule has 0 aromatic carbocycles. The molecule has 0 spiro atoms.